The van der Waals surface area contributed by atoms with E-state index in [-0.39, 0.29) is 17.3 Å². The largest absolute Gasteiger partial charge is 0.341 e. The quantitative estimate of drug-likeness (QED) is 0.395. The molecule has 3 rings (SSSR count). The summed E-state index contributed by atoms with van der Waals surface area (Å²) in [5, 5.41) is 26.7. The van der Waals surface area contributed by atoms with Gasteiger partial charge in [0.2, 0.25) is 11.8 Å². The molecule has 1 fully saturated rings. The van der Waals surface area contributed by atoms with E-state index in [1.54, 1.807) is 48.5 Å². The first-order valence-corrected chi connectivity index (χ1v) is 13.6. The second kappa shape index (κ2) is 11.3. The Morgan fingerprint density at radius 1 is 1.00 bits per heavy atom. The van der Waals surface area contributed by atoms with Crippen molar-refractivity contribution in [3.05, 3.63) is 54.1 Å². The monoisotopic (exact) mass is 507 g/mol. The number of hydrogen-bond donors (Lipinski definition) is 3. The molecule has 0 bridgehead atoms. The van der Waals surface area contributed by atoms with Gasteiger partial charge in [-0.15, -0.1) is 0 Å². The number of amides is 2. The van der Waals surface area contributed by atoms with E-state index >= 15 is 0 Å². The van der Waals surface area contributed by atoms with Gasteiger partial charge in [0.25, 0.3) is 0 Å². The van der Waals surface area contributed by atoms with Crippen molar-refractivity contribution in [2.24, 2.45) is 0 Å². The van der Waals surface area contributed by atoms with Gasteiger partial charge in [0.05, 0.1) is 23.1 Å². The van der Waals surface area contributed by atoms with Crippen molar-refractivity contribution in [2.45, 2.75) is 55.1 Å². The summed E-state index contributed by atoms with van der Waals surface area (Å²) in [5.74, 6) is -0.784. The normalized spacial score (nSPS) is 15.6. The van der Waals surface area contributed by atoms with Gasteiger partial charge in [0.1, 0.15) is 18.1 Å². The summed E-state index contributed by atoms with van der Waals surface area (Å²) in [6.45, 7) is 1.75. The van der Waals surface area contributed by atoms with Crippen molar-refractivity contribution in [3.8, 4) is 23.3 Å². The van der Waals surface area contributed by atoms with Crippen molar-refractivity contribution >= 4 is 21.7 Å². The van der Waals surface area contributed by atoms with E-state index in [1.807, 2.05) is 13.0 Å². The van der Waals surface area contributed by atoms with E-state index in [4.69, 9.17) is 5.26 Å². The number of carbonyl (C=O) groups is 2. The van der Waals surface area contributed by atoms with Crippen molar-refractivity contribution < 1.29 is 18.0 Å². The summed E-state index contributed by atoms with van der Waals surface area (Å²) in [5.41, 5.74) is 1.40. The van der Waals surface area contributed by atoms with Gasteiger partial charge in [-0.1, -0.05) is 49.7 Å². The smallest absolute Gasteiger partial charge is 0.242 e. The molecule has 0 heterocycles. The van der Waals surface area contributed by atoms with E-state index in [0.29, 0.717) is 31.2 Å². The average Bonchev–Trinajstić information content (AvgIpc) is 3.64. The molecule has 1 aliphatic rings. The molecule has 0 radical (unpaired) electrons. The molecule has 0 saturated heterocycles. The van der Waals surface area contributed by atoms with Crippen LogP contribution in [0.25, 0.3) is 11.1 Å². The standard InChI is InChI=1S/C26H29N5O4S/c1-3-4-22(24(32)31-26(17-28)13-14-26)30-23(25(33)29-16-15-27)20-7-5-18(6-8-20)19-9-11-21(12-10-19)36(2,34)35/h5-12,22-23,30H,3-4,13-14,16H2,1-2H3,(H,29,33)(H,31,32)/t22-,23-/m0/s1. The maximum Gasteiger partial charge on any atom is 0.242 e. The molecule has 2 atom stereocenters. The Bertz CT molecular complexity index is 1290. The van der Waals surface area contributed by atoms with Crippen LogP contribution in [-0.4, -0.2) is 44.6 Å². The van der Waals surface area contributed by atoms with Crippen LogP contribution in [0.3, 0.4) is 0 Å². The van der Waals surface area contributed by atoms with Gasteiger partial charge < -0.3 is 10.6 Å². The fourth-order valence-electron chi connectivity index (χ4n) is 3.81. The molecular weight excluding hydrogens is 478 g/mol. The Kier molecular flexibility index (Phi) is 8.46. The Hall–Kier alpha value is -3.73. The number of carbonyl (C=O) groups excluding carboxylic acids is 2. The third-order valence-electron chi connectivity index (χ3n) is 6.05. The van der Waals surface area contributed by atoms with E-state index in [9.17, 15) is 23.3 Å². The first-order valence-electron chi connectivity index (χ1n) is 11.7. The highest BCUT2D eigenvalue weighted by Crippen LogP contribution is 2.34. The molecule has 0 spiro atoms. The lowest BCUT2D eigenvalue weighted by Crippen LogP contribution is -2.51. The third-order valence-corrected chi connectivity index (χ3v) is 7.18. The predicted molar refractivity (Wildman–Crippen MR) is 134 cm³/mol. The Labute approximate surface area is 211 Å². The number of benzene rings is 2. The highest BCUT2D eigenvalue weighted by molar-refractivity contribution is 7.90. The van der Waals surface area contributed by atoms with Gasteiger partial charge in [0, 0.05) is 6.26 Å². The van der Waals surface area contributed by atoms with Gasteiger partial charge in [0.15, 0.2) is 9.84 Å². The number of sulfone groups is 1. The number of hydrogen-bond acceptors (Lipinski definition) is 7. The minimum Gasteiger partial charge on any atom is -0.341 e. The van der Waals surface area contributed by atoms with Crippen LogP contribution in [0.5, 0.6) is 0 Å². The van der Waals surface area contributed by atoms with Crippen molar-refractivity contribution in [3.63, 3.8) is 0 Å². The van der Waals surface area contributed by atoms with Crippen LogP contribution in [0.15, 0.2) is 53.4 Å². The maximum absolute atomic E-state index is 12.9. The molecule has 2 aromatic rings. The topological polar surface area (TPSA) is 152 Å². The zero-order valence-corrected chi connectivity index (χ0v) is 21.1. The van der Waals surface area contributed by atoms with E-state index < -0.39 is 33.4 Å². The first kappa shape index (κ1) is 26.9. The zero-order chi connectivity index (χ0) is 26.3. The molecule has 2 aromatic carbocycles. The molecule has 0 aliphatic heterocycles. The van der Waals surface area contributed by atoms with Crippen LogP contribution in [0.2, 0.25) is 0 Å². The SMILES string of the molecule is CCC[C@H](N[C@H](C(=O)NCC#N)c1ccc(-c2ccc(S(C)(=O)=O)cc2)cc1)C(=O)NC1(C#N)CC1. The summed E-state index contributed by atoms with van der Waals surface area (Å²) in [7, 11) is -3.30. The van der Waals surface area contributed by atoms with Crippen LogP contribution >= 0.6 is 0 Å². The van der Waals surface area contributed by atoms with Crippen LogP contribution in [0.4, 0.5) is 0 Å². The number of nitrogens with one attached hydrogen (secondary N) is 3. The molecular formula is C26H29N5O4S. The third kappa shape index (κ3) is 6.69. The second-order valence-corrected chi connectivity index (χ2v) is 10.9. The molecule has 0 unspecified atom stereocenters. The fourth-order valence-corrected chi connectivity index (χ4v) is 4.44. The molecule has 9 nitrogen and oxygen atoms in total. The summed E-state index contributed by atoms with van der Waals surface area (Å²) >= 11 is 0. The summed E-state index contributed by atoms with van der Waals surface area (Å²) in [6, 6.07) is 16.0. The van der Waals surface area contributed by atoms with Crippen molar-refractivity contribution in [1.82, 2.24) is 16.0 Å². The molecule has 188 valence electrons. The minimum atomic E-state index is -3.30. The molecule has 2 amide bonds. The van der Waals surface area contributed by atoms with Gasteiger partial charge in [-0.05, 0) is 48.1 Å². The van der Waals surface area contributed by atoms with Crippen molar-refractivity contribution in [2.75, 3.05) is 12.8 Å². The highest BCUT2D eigenvalue weighted by atomic mass is 32.2. The number of rotatable bonds is 11. The lowest BCUT2D eigenvalue weighted by Gasteiger charge is -2.25. The van der Waals surface area contributed by atoms with Crippen LogP contribution in [-0.2, 0) is 19.4 Å². The highest BCUT2D eigenvalue weighted by Gasteiger charge is 2.45. The molecule has 1 saturated carbocycles. The lowest BCUT2D eigenvalue weighted by atomic mass is 9.99. The van der Waals surface area contributed by atoms with Gasteiger partial charge in [-0.25, -0.2) is 8.42 Å². The predicted octanol–water partition coefficient (Wildman–Crippen LogP) is 2.37. The van der Waals surface area contributed by atoms with Crippen LogP contribution in [0, 0.1) is 22.7 Å². The summed E-state index contributed by atoms with van der Waals surface area (Å²) < 4.78 is 23.4. The second-order valence-electron chi connectivity index (χ2n) is 8.92. The molecule has 3 N–H and O–H groups in total. The van der Waals surface area contributed by atoms with Gasteiger partial charge in [-0.2, -0.15) is 10.5 Å². The van der Waals surface area contributed by atoms with Crippen molar-refractivity contribution in [1.29, 1.82) is 10.5 Å². The van der Waals surface area contributed by atoms with Crippen LogP contribution < -0.4 is 16.0 Å². The number of nitriles is 2. The number of nitrogens with zero attached hydrogens (tertiary/aromatic N) is 2. The Morgan fingerprint density at radius 2 is 1.58 bits per heavy atom. The zero-order valence-electron chi connectivity index (χ0n) is 20.2. The van der Waals surface area contributed by atoms with Crippen LogP contribution in [0.1, 0.15) is 44.2 Å². The summed E-state index contributed by atoms with van der Waals surface area (Å²) in [4.78, 5) is 26.1. The first-order chi connectivity index (χ1) is 17.1. The average molecular weight is 508 g/mol. The van der Waals surface area contributed by atoms with E-state index in [0.717, 1.165) is 17.4 Å². The Balaban J connectivity index is 1.84. The molecule has 1 aliphatic carbocycles. The molecule has 0 aromatic heterocycles. The van der Waals surface area contributed by atoms with E-state index in [2.05, 4.69) is 22.0 Å². The maximum atomic E-state index is 12.9. The molecule has 10 heteroatoms. The Morgan fingerprint density at radius 3 is 2.06 bits per heavy atom. The van der Waals surface area contributed by atoms with Gasteiger partial charge in [-0.3, -0.25) is 14.9 Å². The lowest BCUT2D eigenvalue weighted by molar-refractivity contribution is -0.126. The fraction of sp³-hybridized carbons (Fsp3) is 0.385. The minimum absolute atomic E-state index is 0.177. The van der Waals surface area contributed by atoms with E-state index in [1.165, 1.54) is 0 Å². The summed E-state index contributed by atoms with van der Waals surface area (Å²) in [6.07, 6.45) is 3.50. The van der Waals surface area contributed by atoms with Gasteiger partial charge >= 0.3 is 0 Å². The molecule has 36 heavy (non-hydrogen) atoms.